The molecule has 1 aromatic heterocycles. The number of ether oxygens (including phenoxy) is 1. The van der Waals surface area contributed by atoms with E-state index in [2.05, 4.69) is 61.6 Å². The highest BCUT2D eigenvalue weighted by atomic mass is 32.1. The molecular weight excluding hydrogens is 432 g/mol. The Balaban J connectivity index is 1.78. The van der Waals surface area contributed by atoms with E-state index in [1.54, 1.807) is 7.11 Å². The van der Waals surface area contributed by atoms with E-state index < -0.39 is 0 Å². The molecule has 4 rings (SSSR count). The Kier molecular flexibility index (Phi) is 6.91. The van der Waals surface area contributed by atoms with Crippen LogP contribution in [0.15, 0.2) is 52.7 Å². The van der Waals surface area contributed by atoms with Gasteiger partial charge in [-0.05, 0) is 61.7 Å². The van der Waals surface area contributed by atoms with E-state index in [1.807, 2.05) is 24.0 Å². The van der Waals surface area contributed by atoms with E-state index in [0.717, 1.165) is 28.8 Å². The van der Waals surface area contributed by atoms with E-state index in [0.29, 0.717) is 30.0 Å². The smallest absolute Gasteiger partial charge is 0.258 e. The quantitative estimate of drug-likeness (QED) is 0.483. The number of nitrogens with zero attached hydrogens (tertiary/aromatic N) is 3. The molecule has 0 amide bonds. The maximum absolute atomic E-state index is 5.82. The summed E-state index contributed by atoms with van der Waals surface area (Å²) in [5, 5.41) is 8.45. The molecule has 1 N–H and O–H groups in total. The van der Waals surface area contributed by atoms with Gasteiger partial charge in [-0.15, -0.1) is 0 Å². The molecule has 2 heterocycles. The van der Waals surface area contributed by atoms with Crippen LogP contribution in [0.4, 0.5) is 0 Å². The lowest BCUT2D eigenvalue weighted by atomic mass is 9.92. The summed E-state index contributed by atoms with van der Waals surface area (Å²) in [7, 11) is 1.69. The van der Waals surface area contributed by atoms with Crippen LogP contribution in [0.5, 0.6) is 0 Å². The van der Waals surface area contributed by atoms with Crippen molar-refractivity contribution in [2.24, 2.45) is 0 Å². The number of nitrogens with one attached hydrogen (secondary N) is 1. The third-order valence-electron chi connectivity index (χ3n) is 6.26. The Hall–Kier alpha value is -3.03. The Bertz CT molecular complexity index is 1180. The number of methoxy groups -OCH3 is 1. The van der Waals surface area contributed by atoms with Crippen LogP contribution in [0.3, 0.4) is 0 Å². The van der Waals surface area contributed by atoms with Gasteiger partial charge in [0.25, 0.3) is 5.89 Å². The third kappa shape index (κ3) is 4.70. The molecule has 0 fully saturated rings. The van der Waals surface area contributed by atoms with Gasteiger partial charge < -0.3 is 19.5 Å². The van der Waals surface area contributed by atoms with Crippen LogP contribution in [0, 0.1) is 13.8 Å². The molecule has 0 aliphatic carbocycles. The molecule has 0 radical (unpaired) electrons. The highest BCUT2D eigenvalue weighted by Crippen LogP contribution is 2.37. The van der Waals surface area contributed by atoms with E-state index in [-0.39, 0.29) is 6.04 Å². The Morgan fingerprint density at radius 3 is 2.52 bits per heavy atom. The molecular formula is C26H30N4O2S. The van der Waals surface area contributed by atoms with Gasteiger partial charge in [-0.1, -0.05) is 54.5 Å². The predicted octanol–water partition coefficient (Wildman–Crippen LogP) is 5.22. The molecule has 3 aromatic rings. The fourth-order valence-corrected chi connectivity index (χ4v) is 4.39. The van der Waals surface area contributed by atoms with Crippen molar-refractivity contribution in [2.75, 3.05) is 20.3 Å². The average molecular weight is 463 g/mol. The van der Waals surface area contributed by atoms with E-state index in [1.165, 1.54) is 16.7 Å². The summed E-state index contributed by atoms with van der Waals surface area (Å²) in [6, 6.07) is 14.5. The van der Waals surface area contributed by atoms with Crippen LogP contribution >= 0.6 is 12.2 Å². The summed E-state index contributed by atoms with van der Waals surface area (Å²) in [6.07, 6.45) is 0.990. The predicted molar refractivity (Wildman–Crippen MR) is 135 cm³/mol. The first kappa shape index (κ1) is 23.1. The minimum absolute atomic E-state index is 0.189. The zero-order chi connectivity index (χ0) is 23.5. The maximum atomic E-state index is 5.82. The van der Waals surface area contributed by atoms with Gasteiger partial charge in [0.1, 0.15) is 0 Å². The topological polar surface area (TPSA) is 63.4 Å². The first-order valence-electron chi connectivity index (χ1n) is 11.2. The average Bonchev–Trinajstić information content (AvgIpc) is 3.30. The van der Waals surface area contributed by atoms with Crippen molar-refractivity contribution in [1.82, 2.24) is 20.4 Å². The molecule has 0 bridgehead atoms. The van der Waals surface area contributed by atoms with Crippen molar-refractivity contribution in [1.29, 1.82) is 0 Å². The monoisotopic (exact) mass is 462 g/mol. The molecule has 172 valence electrons. The summed E-state index contributed by atoms with van der Waals surface area (Å²) in [4.78, 5) is 6.82. The number of benzene rings is 2. The van der Waals surface area contributed by atoms with E-state index >= 15 is 0 Å². The Morgan fingerprint density at radius 2 is 1.85 bits per heavy atom. The van der Waals surface area contributed by atoms with Gasteiger partial charge in [0.2, 0.25) is 5.82 Å². The van der Waals surface area contributed by atoms with Gasteiger partial charge in [-0.2, -0.15) is 4.98 Å². The first-order valence-corrected chi connectivity index (χ1v) is 11.6. The largest absolute Gasteiger partial charge is 0.383 e. The Morgan fingerprint density at radius 1 is 1.09 bits per heavy atom. The summed E-state index contributed by atoms with van der Waals surface area (Å²) < 4.78 is 11.1. The second kappa shape index (κ2) is 9.85. The van der Waals surface area contributed by atoms with Crippen LogP contribution in [0.1, 0.15) is 48.0 Å². The minimum atomic E-state index is -0.189. The number of allylic oxidation sites excluding steroid dienone is 1. The van der Waals surface area contributed by atoms with Gasteiger partial charge in [-0.25, -0.2) is 0 Å². The zero-order valence-corrected chi connectivity index (χ0v) is 20.6. The van der Waals surface area contributed by atoms with E-state index in [9.17, 15) is 0 Å². The van der Waals surface area contributed by atoms with Crippen molar-refractivity contribution in [2.45, 2.75) is 40.2 Å². The highest BCUT2D eigenvalue weighted by molar-refractivity contribution is 7.80. The minimum Gasteiger partial charge on any atom is -0.383 e. The molecule has 1 atom stereocenters. The zero-order valence-electron chi connectivity index (χ0n) is 19.8. The Labute approximate surface area is 200 Å². The lowest BCUT2D eigenvalue weighted by molar-refractivity contribution is 0.183. The summed E-state index contributed by atoms with van der Waals surface area (Å²) in [5.41, 5.74) is 7.68. The number of aromatic nitrogens is 2. The van der Waals surface area contributed by atoms with Crippen LogP contribution in [0.25, 0.3) is 17.0 Å². The summed E-state index contributed by atoms with van der Waals surface area (Å²) >= 11 is 5.72. The van der Waals surface area contributed by atoms with Crippen LogP contribution < -0.4 is 5.32 Å². The molecule has 0 spiro atoms. The van der Waals surface area contributed by atoms with Crippen molar-refractivity contribution < 1.29 is 9.26 Å². The van der Waals surface area contributed by atoms with Crippen LogP contribution in [-0.2, 0) is 11.2 Å². The second-order valence-corrected chi connectivity index (χ2v) is 8.73. The van der Waals surface area contributed by atoms with Gasteiger partial charge in [-0.3, -0.25) is 0 Å². The van der Waals surface area contributed by atoms with Crippen molar-refractivity contribution in [3.8, 4) is 11.4 Å². The highest BCUT2D eigenvalue weighted by Gasteiger charge is 2.34. The lowest BCUT2D eigenvalue weighted by Gasteiger charge is -2.37. The van der Waals surface area contributed by atoms with Gasteiger partial charge >= 0.3 is 0 Å². The molecule has 0 saturated heterocycles. The van der Waals surface area contributed by atoms with Gasteiger partial charge in [0, 0.05) is 24.9 Å². The number of aryl methyl sites for hydroxylation is 3. The van der Waals surface area contributed by atoms with Gasteiger partial charge in [0.05, 0.1) is 18.2 Å². The number of rotatable bonds is 7. The normalized spacial score (nSPS) is 16.3. The SMILES string of the molecule is CCc1ccc(-c2noc(C3=C(C)N(CCOC)C(=S)NC3c3ccc(C)c(C)c3)n2)cc1. The molecule has 6 nitrogen and oxygen atoms in total. The second-order valence-electron chi connectivity index (χ2n) is 8.34. The molecule has 33 heavy (non-hydrogen) atoms. The van der Waals surface area contributed by atoms with Crippen molar-refractivity contribution in [3.63, 3.8) is 0 Å². The fourth-order valence-electron chi connectivity index (χ4n) is 4.04. The van der Waals surface area contributed by atoms with Crippen LogP contribution in [-0.4, -0.2) is 40.4 Å². The number of hydrogen-bond donors (Lipinski definition) is 1. The third-order valence-corrected chi connectivity index (χ3v) is 6.59. The molecule has 0 saturated carbocycles. The first-order chi connectivity index (χ1) is 15.9. The number of hydrogen-bond acceptors (Lipinski definition) is 5. The van der Waals surface area contributed by atoms with Gasteiger partial charge in [0.15, 0.2) is 5.11 Å². The standard InChI is InChI=1S/C26H30N4O2S/c1-6-19-8-11-20(12-9-19)24-28-25(32-29-24)22-18(4)30(13-14-31-5)26(33)27-23(22)21-10-7-16(2)17(3)15-21/h7-12,15,23H,6,13-14H2,1-5H3,(H,27,33). The molecule has 7 heteroatoms. The lowest BCUT2D eigenvalue weighted by Crippen LogP contribution is -2.47. The molecule has 2 aromatic carbocycles. The van der Waals surface area contributed by atoms with Crippen molar-refractivity contribution >= 4 is 22.9 Å². The van der Waals surface area contributed by atoms with Crippen LogP contribution in [0.2, 0.25) is 0 Å². The molecule has 1 aliphatic heterocycles. The van der Waals surface area contributed by atoms with Crippen molar-refractivity contribution in [3.05, 3.63) is 76.3 Å². The summed E-state index contributed by atoms with van der Waals surface area (Å²) in [5.74, 6) is 1.06. The maximum Gasteiger partial charge on any atom is 0.258 e. The number of thiocarbonyl (C=S) groups is 1. The molecule has 1 unspecified atom stereocenters. The fraction of sp³-hybridized carbons (Fsp3) is 0.346. The van der Waals surface area contributed by atoms with E-state index in [4.69, 9.17) is 26.5 Å². The summed E-state index contributed by atoms with van der Waals surface area (Å²) in [6.45, 7) is 9.61. The molecule has 1 aliphatic rings.